The van der Waals surface area contributed by atoms with Crippen LogP contribution in [0.4, 0.5) is 0 Å². The average molecular weight is 224 g/mol. The third-order valence-electron chi connectivity index (χ3n) is 1.84. The van der Waals surface area contributed by atoms with Crippen LogP contribution >= 0.6 is 0 Å². The molecule has 6 nitrogen and oxygen atoms in total. The van der Waals surface area contributed by atoms with Gasteiger partial charge in [0.2, 0.25) is 0 Å². The summed E-state index contributed by atoms with van der Waals surface area (Å²) in [6.45, 7) is 0.140. The lowest BCUT2D eigenvalue weighted by atomic mass is 10.3. The summed E-state index contributed by atoms with van der Waals surface area (Å²) in [7, 11) is 1.27. The monoisotopic (exact) mass is 224 g/mol. The molecule has 0 spiro atoms. The Labute approximate surface area is 92.3 Å². The highest BCUT2D eigenvalue weighted by Crippen LogP contribution is 2.11. The first-order chi connectivity index (χ1) is 7.65. The summed E-state index contributed by atoms with van der Waals surface area (Å²) in [5.74, 6) is -1.13. The van der Waals surface area contributed by atoms with Crippen LogP contribution in [0.1, 0.15) is 16.9 Å². The number of carbonyl (C=O) groups is 2. The molecule has 2 N–H and O–H groups in total. The van der Waals surface area contributed by atoms with Crippen molar-refractivity contribution in [2.75, 3.05) is 13.7 Å². The van der Waals surface area contributed by atoms with E-state index < -0.39 is 11.9 Å². The van der Waals surface area contributed by atoms with Gasteiger partial charge in [-0.2, -0.15) is 0 Å². The number of ether oxygens (including phenoxy) is 1. The second kappa shape index (κ2) is 5.69. The van der Waals surface area contributed by atoms with Gasteiger partial charge in [0.05, 0.1) is 13.5 Å². The van der Waals surface area contributed by atoms with E-state index in [2.05, 4.69) is 15.0 Å². The zero-order valence-electron chi connectivity index (χ0n) is 8.77. The predicted molar refractivity (Wildman–Crippen MR) is 54.9 cm³/mol. The highest BCUT2D eigenvalue weighted by Gasteiger charge is 2.11. The highest BCUT2D eigenvalue weighted by molar-refractivity contribution is 5.94. The van der Waals surface area contributed by atoms with Gasteiger partial charge < -0.3 is 15.2 Å². The molecule has 0 radical (unpaired) electrons. The average Bonchev–Trinajstić information content (AvgIpc) is 2.29. The Hall–Kier alpha value is -2.11. The molecule has 1 aromatic rings. The normalized spacial score (nSPS) is 9.56. The van der Waals surface area contributed by atoms with Crippen molar-refractivity contribution in [2.45, 2.75) is 6.42 Å². The summed E-state index contributed by atoms with van der Waals surface area (Å²) in [5.41, 5.74) is -0.0626. The summed E-state index contributed by atoms with van der Waals surface area (Å²) < 4.78 is 4.41. The van der Waals surface area contributed by atoms with Crippen molar-refractivity contribution < 1.29 is 19.4 Å². The van der Waals surface area contributed by atoms with E-state index in [4.69, 9.17) is 0 Å². The van der Waals surface area contributed by atoms with E-state index in [-0.39, 0.29) is 24.4 Å². The lowest BCUT2D eigenvalue weighted by molar-refractivity contribution is -0.140. The molecule has 86 valence electrons. The number of hydrogen-bond donors (Lipinski definition) is 2. The fraction of sp³-hybridized carbons (Fsp3) is 0.300. The van der Waals surface area contributed by atoms with Crippen LogP contribution in [0.3, 0.4) is 0 Å². The molecular formula is C10H12N2O4. The smallest absolute Gasteiger partial charge is 0.307 e. The van der Waals surface area contributed by atoms with Crippen molar-refractivity contribution in [3.8, 4) is 5.75 Å². The van der Waals surface area contributed by atoms with E-state index in [9.17, 15) is 14.7 Å². The lowest BCUT2D eigenvalue weighted by Crippen LogP contribution is -2.27. The van der Waals surface area contributed by atoms with Crippen LogP contribution in [0.2, 0.25) is 0 Å². The molecule has 1 amide bonds. The number of esters is 1. The number of nitrogens with zero attached hydrogens (tertiary/aromatic N) is 1. The maximum atomic E-state index is 11.4. The topological polar surface area (TPSA) is 88.5 Å². The number of nitrogens with one attached hydrogen (secondary N) is 1. The van der Waals surface area contributed by atoms with Crippen molar-refractivity contribution in [1.29, 1.82) is 0 Å². The lowest BCUT2D eigenvalue weighted by Gasteiger charge is -2.04. The van der Waals surface area contributed by atoms with E-state index in [0.717, 1.165) is 0 Å². The van der Waals surface area contributed by atoms with Gasteiger partial charge in [0.25, 0.3) is 5.91 Å². The van der Waals surface area contributed by atoms with Crippen LogP contribution in [-0.4, -0.2) is 35.6 Å². The van der Waals surface area contributed by atoms with E-state index in [1.807, 2.05) is 0 Å². The van der Waals surface area contributed by atoms with E-state index in [0.29, 0.717) is 0 Å². The molecule has 0 unspecified atom stereocenters. The molecule has 1 heterocycles. The first kappa shape index (κ1) is 12.0. The van der Waals surface area contributed by atoms with Crippen molar-refractivity contribution in [1.82, 2.24) is 10.3 Å². The molecule has 0 bridgehead atoms. The second-order valence-electron chi connectivity index (χ2n) is 2.95. The van der Waals surface area contributed by atoms with E-state index in [1.54, 1.807) is 0 Å². The van der Waals surface area contributed by atoms with E-state index >= 15 is 0 Å². The van der Waals surface area contributed by atoms with Gasteiger partial charge in [0.15, 0.2) is 5.69 Å². The molecular weight excluding hydrogens is 212 g/mol. The highest BCUT2D eigenvalue weighted by atomic mass is 16.5. The van der Waals surface area contributed by atoms with Gasteiger partial charge in [-0.15, -0.1) is 0 Å². The maximum absolute atomic E-state index is 11.4. The minimum Gasteiger partial charge on any atom is -0.505 e. The fourth-order valence-electron chi connectivity index (χ4n) is 1.04. The number of aromatic hydroxyl groups is 1. The molecule has 0 fully saturated rings. The molecule has 0 aromatic carbocycles. The molecule has 0 saturated carbocycles. The first-order valence-electron chi connectivity index (χ1n) is 4.64. The van der Waals surface area contributed by atoms with Crippen LogP contribution in [0.15, 0.2) is 18.3 Å². The Kier molecular flexibility index (Phi) is 4.26. The summed E-state index contributed by atoms with van der Waals surface area (Å²) >= 11 is 0. The van der Waals surface area contributed by atoms with Crippen LogP contribution in [0, 0.1) is 0 Å². The molecule has 0 saturated heterocycles. The Bertz CT molecular complexity index is 392. The standard InChI is InChI=1S/C10H12N2O4/c1-16-8(14)4-6-12-10(15)9-7(13)3-2-5-11-9/h2-3,5,13H,4,6H2,1H3,(H,12,15). The Morgan fingerprint density at radius 3 is 2.94 bits per heavy atom. The van der Waals surface area contributed by atoms with Gasteiger partial charge in [-0.1, -0.05) is 0 Å². The van der Waals surface area contributed by atoms with Gasteiger partial charge in [-0.25, -0.2) is 4.98 Å². The number of rotatable bonds is 4. The Morgan fingerprint density at radius 1 is 1.56 bits per heavy atom. The SMILES string of the molecule is COC(=O)CCNC(=O)c1ncccc1O. The van der Waals surface area contributed by atoms with Crippen LogP contribution < -0.4 is 5.32 Å². The Balaban J connectivity index is 2.47. The number of aromatic nitrogens is 1. The summed E-state index contributed by atoms with van der Waals surface area (Å²) in [4.78, 5) is 25.9. The quantitative estimate of drug-likeness (QED) is 0.707. The van der Waals surface area contributed by atoms with Crippen molar-refractivity contribution >= 4 is 11.9 Å². The number of carbonyl (C=O) groups excluding carboxylic acids is 2. The van der Waals surface area contributed by atoms with Gasteiger partial charge in [0.1, 0.15) is 5.75 Å². The molecule has 1 rings (SSSR count). The summed E-state index contributed by atoms with van der Waals surface area (Å²) in [5, 5.41) is 11.8. The predicted octanol–water partition coefficient (Wildman–Crippen LogP) is 0.0801. The van der Waals surface area contributed by atoms with Gasteiger partial charge in [-0.05, 0) is 12.1 Å². The number of hydrogen-bond acceptors (Lipinski definition) is 5. The minimum atomic E-state index is -0.526. The zero-order valence-corrected chi connectivity index (χ0v) is 8.77. The minimum absolute atomic E-state index is 0.0626. The zero-order chi connectivity index (χ0) is 12.0. The molecule has 0 atom stereocenters. The fourth-order valence-corrected chi connectivity index (χ4v) is 1.04. The van der Waals surface area contributed by atoms with Gasteiger partial charge >= 0.3 is 5.97 Å². The van der Waals surface area contributed by atoms with Crippen LogP contribution in [0.25, 0.3) is 0 Å². The summed E-state index contributed by atoms with van der Waals surface area (Å²) in [6.07, 6.45) is 1.48. The molecule has 16 heavy (non-hydrogen) atoms. The number of amides is 1. The Morgan fingerprint density at radius 2 is 2.31 bits per heavy atom. The third-order valence-corrected chi connectivity index (χ3v) is 1.84. The van der Waals surface area contributed by atoms with Crippen molar-refractivity contribution in [2.24, 2.45) is 0 Å². The second-order valence-corrected chi connectivity index (χ2v) is 2.95. The van der Waals surface area contributed by atoms with Gasteiger partial charge in [-0.3, -0.25) is 9.59 Å². The van der Waals surface area contributed by atoms with Crippen molar-refractivity contribution in [3.05, 3.63) is 24.0 Å². The third kappa shape index (κ3) is 3.23. The van der Waals surface area contributed by atoms with Gasteiger partial charge in [0, 0.05) is 12.7 Å². The van der Waals surface area contributed by atoms with Crippen molar-refractivity contribution in [3.63, 3.8) is 0 Å². The molecule has 6 heteroatoms. The first-order valence-corrected chi connectivity index (χ1v) is 4.64. The molecule has 0 aliphatic heterocycles. The number of methoxy groups -OCH3 is 1. The largest absolute Gasteiger partial charge is 0.505 e. The van der Waals surface area contributed by atoms with Crippen LogP contribution in [-0.2, 0) is 9.53 Å². The van der Waals surface area contributed by atoms with E-state index in [1.165, 1.54) is 25.4 Å². The number of pyridine rings is 1. The molecule has 0 aliphatic rings. The molecule has 0 aliphatic carbocycles. The molecule has 1 aromatic heterocycles. The summed E-state index contributed by atoms with van der Waals surface area (Å²) in [6, 6.07) is 2.88. The maximum Gasteiger partial charge on any atom is 0.307 e. The van der Waals surface area contributed by atoms with Crippen LogP contribution in [0.5, 0.6) is 5.75 Å².